The molecule has 0 bridgehead atoms. The van der Waals surface area contributed by atoms with E-state index >= 15 is 0 Å². The average Bonchev–Trinajstić information content (AvgIpc) is 2.53. The first-order valence-electron chi connectivity index (χ1n) is 6.67. The van der Waals surface area contributed by atoms with Crippen molar-refractivity contribution in [3.05, 3.63) is 77.8 Å². The number of nitro groups is 2. The van der Waals surface area contributed by atoms with E-state index in [0.29, 0.717) is 5.02 Å². The Labute approximate surface area is 161 Å². The first-order chi connectivity index (χ1) is 12.6. The predicted molar refractivity (Wildman–Crippen MR) is 86.2 cm³/mol. The van der Waals surface area contributed by atoms with E-state index in [1.807, 2.05) is 0 Å². The molecule has 2 rings (SSSR count). The molecule has 0 aliphatic heterocycles. The second kappa shape index (κ2) is 8.61. The van der Waals surface area contributed by atoms with Gasteiger partial charge >= 0.3 is 12.4 Å². The van der Waals surface area contributed by atoms with Gasteiger partial charge in [0.15, 0.2) is 5.02 Å². The lowest BCUT2D eigenvalue weighted by Crippen LogP contribution is -2.07. The van der Waals surface area contributed by atoms with Gasteiger partial charge in [-0.1, -0.05) is 23.2 Å². The van der Waals surface area contributed by atoms with Gasteiger partial charge in [0.1, 0.15) is 0 Å². The first-order valence-corrected chi connectivity index (χ1v) is 7.42. The van der Waals surface area contributed by atoms with E-state index in [-0.39, 0.29) is 12.1 Å². The van der Waals surface area contributed by atoms with Gasteiger partial charge in [0.2, 0.25) is 0 Å². The Hall–Kier alpha value is -2.60. The number of rotatable bonds is 2. The van der Waals surface area contributed by atoms with Gasteiger partial charge in [0, 0.05) is 17.2 Å². The summed E-state index contributed by atoms with van der Waals surface area (Å²) in [6.07, 6.45) is -9.20. The Morgan fingerprint density at radius 3 is 1.36 bits per heavy atom. The van der Waals surface area contributed by atoms with Crippen molar-refractivity contribution < 1.29 is 36.2 Å². The van der Waals surface area contributed by atoms with Crippen LogP contribution in [-0.2, 0) is 12.4 Å². The zero-order valence-electron chi connectivity index (χ0n) is 13.0. The average molecular weight is 451 g/mol. The Morgan fingerprint density at radius 1 is 0.714 bits per heavy atom. The van der Waals surface area contributed by atoms with E-state index in [9.17, 15) is 46.6 Å². The second-order valence-electron chi connectivity index (χ2n) is 4.85. The normalized spacial score (nSPS) is 11.4. The van der Waals surface area contributed by atoms with E-state index in [1.165, 1.54) is 12.1 Å². The van der Waals surface area contributed by atoms with Crippen LogP contribution in [0.15, 0.2) is 36.4 Å². The number of hydrogen-bond donors (Lipinski definition) is 0. The van der Waals surface area contributed by atoms with Crippen molar-refractivity contribution in [2.24, 2.45) is 0 Å². The summed E-state index contributed by atoms with van der Waals surface area (Å²) in [5.41, 5.74) is -4.50. The van der Waals surface area contributed by atoms with Crippen LogP contribution in [0.4, 0.5) is 37.7 Å². The van der Waals surface area contributed by atoms with E-state index in [0.717, 1.165) is 12.1 Å². The summed E-state index contributed by atoms with van der Waals surface area (Å²) in [5.74, 6) is 0. The molecule has 0 saturated heterocycles. The number of benzene rings is 2. The molecule has 0 aliphatic carbocycles. The highest BCUT2D eigenvalue weighted by molar-refractivity contribution is 6.34. The standard InChI is InChI=1S/C7H2ClF3N2O4.C7H4ClF3/c8-6-4(12(14)15)1-3(7(9,10)11)2-5(6)13(16)17;8-6-3-1-5(2-4-6)7(9,10)11/h1-2H;1-4H. The van der Waals surface area contributed by atoms with Gasteiger partial charge < -0.3 is 0 Å². The molecule has 0 N–H and O–H groups in total. The fraction of sp³-hybridized carbons (Fsp3) is 0.143. The molecule has 0 heterocycles. The van der Waals surface area contributed by atoms with Gasteiger partial charge in [-0.05, 0) is 24.3 Å². The Morgan fingerprint density at radius 2 is 1.07 bits per heavy atom. The minimum Gasteiger partial charge on any atom is -0.258 e. The Bertz CT molecular complexity index is 850. The minimum absolute atomic E-state index is 0.148. The van der Waals surface area contributed by atoms with Crippen LogP contribution in [0.25, 0.3) is 0 Å². The molecule has 0 atom stereocenters. The summed E-state index contributed by atoms with van der Waals surface area (Å²) in [5, 5.41) is 20.2. The Kier molecular flexibility index (Phi) is 7.20. The van der Waals surface area contributed by atoms with Crippen LogP contribution in [0.3, 0.4) is 0 Å². The third kappa shape index (κ3) is 6.23. The fourth-order valence-corrected chi connectivity index (χ4v) is 2.04. The predicted octanol–water partition coefficient (Wildman–Crippen LogP) is 6.53. The molecule has 0 unspecified atom stereocenters. The fourth-order valence-electron chi connectivity index (χ4n) is 1.66. The lowest BCUT2D eigenvalue weighted by Gasteiger charge is -2.06. The highest BCUT2D eigenvalue weighted by Crippen LogP contribution is 2.40. The maximum absolute atomic E-state index is 12.3. The smallest absolute Gasteiger partial charge is 0.258 e. The highest BCUT2D eigenvalue weighted by Gasteiger charge is 2.37. The van der Waals surface area contributed by atoms with Crippen LogP contribution in [-0.4, -0.2) is 9.85 Å². The highest BCUT2D eigenvalue weighted by atomic mass is 35.5. The van der Waals surface area contributed by atoms with Gasteiger partial charge in [0.05, 0.1) is 21.0 Å². The number of halogens is 8. The van der Waals surface area contributed by atoms with E-state index in [4.69, 9.17) is 23.2 Å². The molecular formula is C14H6Cl2F6N2O4. The number of nitro benzene ring substituents is 2. The van der Waals surface area contributed by atoms with E-state index < -0.39 is 49.7 Å². The van der Waals surface area contributed by atoms with Crippen molar-refractivity contribution in [1.82, 2.24) is 0 Å². The largest absolute Gasteiger partial charge is 0.416 e. The van der Waals surface area contributed by atoms with Crippen LogP contribution in [0.2, 0.25) is 10.0 Å². The third-order valence-corrected chi connectivity index (χ3v) is 3.57. The van der Waals surface area contributed by atoms with Crippen LogP contribution < -0.4 is 0 Å². The molecule has 14 heteroatoms. The number of alkyl halides is 6. The summed E-state index contributed by atoms with van der Waals surface area (Å²) in [6.45, 7) is 0. The van der Waals surface area contributed by atoms with Gasteiger partial charge in [-0.2, -0.15) is 26.3 Å². The molecule has 2 aromatic carbocycles. The minimum atomic E-state index is -4.93. The van der Waals surface area contributed by atoms with Crippen molar-refractivity contribution >= 4 is 34.6 Å². The molecule has 28 heavy (non-hydrogen) atoms. The van der Waals surface area contributed by atoms with Gasteiger partial charge in [-0.3, -0.25) is 20.2 Å². The second-order valence-corrected chi connectivity index (χ2v) is 5.66. The molecule has 6 nitrogen and oxygen atoms in total. The molecule has 0 aromatic heterocycles. The van der Waals surface area contributed by atoms with Crippen molar-refractivity contribution in [2.45, 2.75) is 12.4 Å². The molecule has 0 radical (unpaired) electrons. The summed E-state index contributed by atoms with van der Waals surface area (Å²) in [7, 11) is 0. The van der Waals surface area contributed by atoms with E-state index in [2.05, 4.69) is 0 Å². The molecule has 2 aromatic rings. The molecule has 152 valence electrons. The maximum atomic E-state index is 12.3. The lowest BCUT2D eigenvalue weighted by atomic mass is 10.1. The summed E-state index contributed by atoms with van der Waals surface area (Å²) in [4.78, 5) is 18.4. The zero-order valence-corrected chi connectivity index (χ0v) is 14.5. The Balaban J connectivity index is 0.000000307. The number of nitrogens with zero attached hydrogens (tertiary/aromatic N) is 2. The van der Waals surface area contributed by atoms with Crippen molar-refractivity contribution in [3.8, 4) is 0 Å². The molecule has 0 saturated carbocycles. The van der Waals surface area contributed by atoms with Crippen molar-refractivity contribution in [2.75, 3.05) is 0 Å². The molecule has 0 spiro atoms. The van der Waals surface area contributed by atoms with Gasteiger partial charge in [-0.25, -0.2) is 0 Å². The molecular weight excluding hydrogens is 445 g/mol. The summed E-state index contributed by atoms with van der Waals surface area (Å²) in [6, 6.07) is 4.62. The number of hydrogen-bond acceptors (Lipinski definition) is 4. The van der Waals surface area contributed by atoms with Crippen LogP contribution in [0, 0.1) is 20.2 Å². The third-order valence-electron chi connectivity index (χ3n) is 2.93. The first kappa shape index (κ1) is 23.4. The van der Waals surface area contributed by atoms with Gasteiger partial charge in [-0.15, -0.1) is 0 Å². The van der Waals surface area contributed by atoms with E-state index in [1.54, 1.807) is 0 Å². The topological polar surface area (TPSA) is 86.3 Å². The lowest BCUT2D eigenvalue weighted by molar-refractivity contribution is -0.394. The SMILES string of the molecule is FC(F)(F)c1ccc(Cl)cc1.O=[N+]([O-])c1cc(C(F)(F)F)cc([N+](=O)[O-])c1Cl. The zero-order chi connectivity index (χ0) is 21.9. The van der Waals surface area contributed by atoms with Gasteiger partial charge in [0.25, 0.3) is 11.4 Å². The quantitative estimate of drug-likeness (QED) is 0.295. The van der Waals surface area contributed by atoms with Crippen LogP contribution in [0.5, 0.6) is 0 Å². The van der Waals surface area contributed by atoms with Crippen LogP contribution in [0.1, 0.15) is 11.1 Å². The molecule has 0 aliphatic rings. The molecule has 0 amide bonds. The maximum Gasteiger partial charge on any atom is 0.416 e. The monoisotopic (exact) mass is 450 g/mol. The molecule has 0 fully saturated rings. The summed E-state index contributed by atoms with van der Waals surface area (Å²) < 4.78 is 72.6. The van der Waals surface area contributed by atoms with Crippen molar-refractivity contribution in [3.63, 3.8) is 0 Å². The summed E-state index contributed by atoms with van der Waals surface area (Å²) >= 11 is 10.7. The van der Waals surface area contributed by atoms with Crippen LogP contribution >= 0.6 is 23.2 Å². The van der Waals surface area contributed by atoms with Crippen molar-refractivity contribution in [1.29, 1.82) is 0 Å².